The summed E-state index contributed by atoms with van der Waals surface area (Å²) in [5.41, 5.74) is 0.416. The van der Waals surface area contributed by atoms with Crippen molar-refractivity contribution in [1.82, 2.24) is 0 Å². The van der Waals surface area contributed by atoms with Gasteiger partial charge in [0, 0.05) is 0 Å². The molecular weight excluding hydrogens is 365 g/mol. The highest BCUT2D eigenvalue weighted by atomic mass is 19.2. The van der Waals surface area contributed by atoms with E-state index in [0.29, 0.717) is 24.3 Å². The molecule has 2 saturated carbocycles. The van der Waals surface area contributed by atoms with Crippen molar-refractivity contribution in [3.63, 3.8) is 0 Å². The Morgan fingerprint density at radius 2 is 1.57 bits per heavy atom. The first-order chi connectivity index (χ1) is 13.6. The highest BCUT2D eigenvalue weighted by molar-refractivity contribution is 5.33. The molecular formula is C23H33F3O2. The Bertz CT molecular complexity index is 608. The van der Waals surface area contributed by atoms with Crippen LogP contribution in [0.1, 0.15) is 82.1 Å². The maximum Gasteiger partial charge on any atom is 0.200 e. The fourth-order valence-corrected chi connectivity index (χ4v) is 4.98. The lowest BCUT2D eigenvalue weighted by atomic mass is 9.72. The first-order valence-corrected chi connectivity index (χ1v) is 11.0. The van der Waals surface area contributed by atoms with Gasteiger partial charge in [0.25, 0.3) is 0 Å². The van der Waals surface area contributed by atoms with Gasteiger partial charge >= 0.3 is 0 Å². The zero-order chi connectivity index (χ0) is 19.9. The number of unbranched alkanes of at least 4 members (excludes halogenated alkanes) is 1. The van der Waals surface area contributed by atoms with E-state index in [0.717, 1.165) is 38.5 Å². The standard InChI is InChI=1S/C23H33F3O2/c24-14-4-5-15-28-20-13-12-19(21(25)22(20)26)16-8-10-18(11-9-16)23(27)17-6-2-1-3-7-17/h12-13,16-18,23,27H,1-11,14-15H2. The molecule has 1 aromatic rings. The Hall–Kier alpha value is -1.23. The first kappa shape index (κ1) is 21.5. The minimum Gasteiger partial charge on any atom is -0.490 e. The minimum atomic E-state index is -0.942. The SMILES string of the molecule is OC(C1CCCCC1)C1CCC(c2ccc(OCCCCF)c(F)c2F)CC1. The molecule has 0 amide bonds. The molecule has 0 bridgehead atoms. The highest BCUT2D eigenvalue weighted by Gasteiger charge is 2.33. The summed E-state index contributed by atoms with van der Waals surface area (Å²) >= 11 is 0. The summed E-state index contributed by atoms with van der Waals surface area (Å²) in [4.78, 5) is 0. The molecule has 28 heavy (non-hydrogen) atoms. The Labute approximate surface area is 166 Å². The monoisotopic (exact) mass is 398 g/mol. The Kier molecular flexibility index (Phi) is 8.07. The zero-order valence-corrected chi connectivity index (χ0v) is 16.6. The van der Waals surface area contributed by atoms with Crippen molar-refractivity contribution in [2.75, 3.05) is 13.3 Å². The molecule has 5 heteroatoms. The van der Waals surface area contributed by atoms with Crippen molar-refractivity contribution in [2.45, 2.75) is 82.7 Å². The number of aliphatic hydroxyl groups is 1. The molecule has 2 nitrogen and oxygen atoms in total. The van der Waals surface area contributed by atoms with Crippen LogP contribution in [0.2, 0.25) is 0 Å². The molecule has 0 aliphatic heterocycles. The molecule has 2 aliphatic carbocycles. The van der Waals surface area contributed by atoms with E-state index in [2.05, 4.69) is 0 Å². The predicted molar refractivity (Wildman–Crippen MR) is 104 cm³/mol. The smallest absolute Gasteiger partial charge is 0.200 e. The van der Waals surface area contributed by atoms with Gasteiger partial charge in [-0.3, -0.25) is 4.39 Å². The van der Waals surface area contributed by atoms with Crippen molar-refractivity contribution in [1.29, 1.82) is 0 Å². The summed E-state index contributed by atoms with van der Waals surface area (Å²) in [5.74, 6) is -1.17. The van der Waals surface area contributed by atoms with E-state index < -0.39 is 18.3 Å². The number of hydrogen-bond donors (Lipinski definition) is 1. The quantitative estimate of drug-likeness (QED) is 0.520. The van der Waals surface area contributed by atoms with Gasteiger partial charge in [0.15, 0.2) is 11.6 Å². The molecule has 1 atom stereocenters. The lowest BCUT2D eigenvalue weighted by Gasteiger charge is -2.36. The number of hydrogen-bond acceptors (Lipinski definition) is 2. The van der Waals surface area contributed by atoms with Crippen LogP contribution in [0.3, 0.4) is 0 Å². The number of alkyl halides is 1. The highest BCUT2D eigenvalue weighted by Crippen LogP contribution is 2.42. The molecule has 1 aromatic carbocycles. The maximum absolute atomic E-state index is 14.6. The Morgan fingerprint density at radius 3 is 2.25 bits per heavy atom. The van der Waals surface area contributed by atoms with Gasteiger partial charge in [-0.05, 0) is 80.8 Å². The number of halogens is 3. The van der Waals surface area contributed by atoms with Crippen LogP contribution in [-0.4, -0.2) is 24.5 Å². The summed E-state index contributed by atoms with van der Waals surface area (Å²) in [7, 11) is 0. The van der Waals surface area contributed by atoms with E-state index in [-0.39, 0.29) is 30.3 Å². The van der Waals surface area contributed by atoms with Gasteiger partial charge < -0.3 is 9.84 Å². The normalized spacial score (nSPS) is 24.9. The number of rotatable bonds is 8. The average molecular weight is 399 g/mol. The molecule has 1 unspecified atom stereocenters. The van der Waals surface area contributed by atoms with E-state index in [1.165, 1.54) is 25.3 Å². The largest absolute Gasteiger partial charge is 0.490 e. The maximum atomic E-state index is 14.6. The summed E-state index contributed by atoms with van der Waals surface area (Å²) in [6.45, 7) is -0.249. The van der Waals surface area contributed by atoms with Crippen LogP contribution >= 0.6 is 0 Å². The number of benzene rings is 1. The molecule has 0 spiro atoms. The molecule has 2 fully saturated rings. The van der Waals surface area contributed by atoms with Gasteiger partial charge in [0.2, 0.25) is 5.82 Å². The first-order valence-electron chi connectivity index (χ1n) is 11.0. The Balaban J connectivity index is 1.55. The van der Waals surface area contributed by atoms with E-state index in [1.54, 1.807) is 6.07 Å². The number of aliphatic hydroxyl groups excluding tert-OH is 1. The van der Waals surface area contributed by atoms with Crippen LogP contribution in [-0.2, 0) is 0 Å². The molecule has 3 rings (SSSR count). The van der Waals surface area contributed by atoms with E-state index >= 15 is 0 Å². The zero-order valence-electron chi connectivity index (χ0n) is 16.6. The van der Waals surface area contributed by atoms with E-state index in [1.807, 2.05) is 0 Å². The second kappa shape index (κ2) is 10.5. The second-order valence-electron chi connectivity index (χ2n) is 8.53. The van der Waals surface area contributed by atoms with Gasteiger partial charge in [-0.2, -0.15) is 4.39 Å². The lowest BCUT2D eigenvalue weighted by molar-refractivity contribution is 0.0162. The summed E-state index contributed by atoms with van der Waals surface area (Å²) < 4.78 is 46.3. The van der Waals surface area contributed by atoms with E-state index in [4.69, 9.17) is 4.74 Å². The van der Waals surface area contributed by atoms with Crippen molar-refractivity contribution >= 4 is 0 Å². The third-order valence-corrected chi connectivity index (χ3v) is 6.69. The van der Waals surface area contributed by atoms with Gasteiger partial charge in [0.1, 0.15) is 0 Å². The molecule has 0 aromatic heterocycles. The van der Waals surface area contributed by atoms with Crippen molar-refractivity contribution in [2.24, 2.45) is 11.8 Å². The molecule has 0 radical (unpaired) electrons. The van der Waals surface area contributed by atoms with Crippen molar-refractivity contribution in [3.05, 3.63) is 29.3 Å². The molecule has 158 valence electrons. The summed E-state index contributed by atoms with van der Waals surface area (Å²) in [6.07, 6.45) is 9.82. The summed E-state index contributed by atoms with van der Waals surface area (Å²) in [6, 6.07) is 3.12. The van der Waals surface area contributed by atoms with Gasteiger partial charge in [-0.1, -0.05) is 25.3 Å². The third-order valence-electron chi connectivity index (χ3n) is 6.69. The predicted octanol–water partition coefficient (Wildman–Crippen LogP) is 6.31. The van der Waals surface area contributed by atoms with Crippen LogP contribution < -0.4 is 4.74 Å². The van der Waals surface area contributed by atoms with Crippen molar-refractivity contribution in [3.8, 4) is 5.75 Å². The number of ether oxygens (including phenoxy) is 1. The topological polar surface area (TPSA) is 29.5 Å². The van der Waals surface area contributed by atoms with Crippen LogP contribution in [0, 0.1) is 23.5 Å². The molecule has 2 aliphatic rings. The van der Waals surface area contributed by atoms with Crippen LogP contribution in [0.25, 0.3) is 0 Å². The summed E-state index contributed by atoms with van der Waals surface area (Å²) in [5, 5.41) is 10.7. The van der Waals surface area contributed by atoms with E-state index in [9.17, 15) is 18.3 Å². The van der Waals surface area contributed by atoms with Crippen LogP contribution in [0.15, 0.2) is 12.1 Å². The van der Waals surface area contributed by atoms with Gasteiger partial charge in [0.05, 0.1) is 19.4 Å². The lowest BCUT2D eigenvalue weighted by Crippen LogP contribution is -2.33. The molecule has 0 heterocycles. The minimum absolute atomic E-state index is 0.00936. The Morgan fingerprint density at radius 1 is 0.893 bits per heavy atom. The van der Waals surface area contributed by atoms with Gasteiger partial charge in [-0.15, -0.1) is 0 Å². The second-order valence-corrected chi connectivity index (χ2v) is 8.53. The molecule has 0 saturated heterocycles. The fourth-order valence-electron chi connectivity index (χ4n) is 4.98. The van der Waals surface area contributed by atoms with Crippen molar-refractivity contribution < 1.29 is 23.0 Å². The van der Waals surface area contributed by atoms with Crippen LogP contribution in [0.5, 0.6) is 5.75 Å². The van der Waals surface area contributed by atoms with Gasteiger partial charge in [-0.25, -0.2) is 4.39 Å². The third kappa shape index (κ3) is 5.22. The van der Waals surface area contributed by atoms with Crippen LogP contribution in [0.4, 0.5) is 13.2 Å². The average Bonchev–Trinajstić information content (AvgIpc) is 2.74. The molecule has 1 N–H and O–H groups in total. The fraction of sp³-hybridized carbons (Fsp3) is 0.739.